The Labute approximate surface area is 135 Å². The van der Waals surface area contributed by atoms with E-state index in [4.69, 9.17) is 0 Å². The fraction of sp³-hybridized carbons (Fsp3) is 0.357. The van der Waals surface area contributed by atoms with E-state index >= 15 is 0 Å². The maximum absolute atomic E-state index is 12.1. The molecule has 0 bridgehead atoms. The highest BCUT2D eigenvalue weighted by Gasteiger charge is 2.11. The summed E-state index contributed by atoms with van der Waals surface area (Å²) in [5.74, 6) is 0. The zero-order chi connectivity index (χ0) is 15.5. The summed E-state index contributed by atoms with van der Waals surface area (Å²) in [5, 5.41) is 12.1. The Bertz CT molecular complexity index is 810. The van der Waals surface area contributed by atoms with Gasteiger partial charge >= 0.3 is 0 Å². The molecule has 0 fully saturated rings. The van der Waals surface area contributed by atoms with Gasteiger partial charge in [0.15, 0.2) is 4.96 Å². The molecule has 3 aromatic rings. The van der Waals surface area contributed by atoms with E-state index < -0.39 is 0 Å². The van der Waals surface area contributed by atoms with Crippen molar-refractivity contribution in [3.8, 4) is 0 Å². The van der Waals surface area contributed by atoms with Gasteiger partial charge in [-0.25, -0.2) is 9.97 Å². The predicted molar refractivity (Wildman–Crippen MR) is 87.4 cm³/mol. The Kier molecular flexibility index (Phi) is 4.63. The van der Waals surface area contributed by atoms with Crippen LogP contribution in [0, 0.1) is 6.92 Å². The maximum atomic E-state index is 12.1. The summed E-state index contributed by atoms with van der Waals surface area (Å²) in [7, 11) is 0. The van der Waals surface area contributed by atoms with E-state index in [-0.39, 0.29) is 12.2 Å². The third kappa shape index (κ3) is 3.41. The fourth-order valence-electron chi connectivity index (χ4n) is 2.25. The van der Waals surface area contributed by atoms with Crippen LogP contribution in [0.25, 0.3) is 4.96 Å². The van der Waals surface area contributed by atoms with Crippen molar-refractivity contribution in [3.63, 3.8) is 0 Å². The Morgan fingerprint density at radius 2 is 2.27 bits per heavy atom. The van der Waals surface area contributed by atoms with E-state index in [1.165, 1.54) is 11.3 Å². The van der Waals surface area contributed by atoms with Crippen LogP contribution in [-0.2, 0) is 13.1 Å². The average Bonchev–Trinajstić information content (AvgIpc) is 3.08. The molecule has 3 aromatic heterocycles. The van der Waals surface area contributed by atoms with Crippen LogP contribution in [-0.4, -0.2) is 37.5 Å². The third-order valence-corrected chi connectivity index (χ3v) is 4.84. The second-order valence-corrected chi connectivity index (χ2v) is 7.13. The first-order valence-corrected chi connectivity index (χ1v) is 8.55. The van der Waals surface area contributed by atoms with Crippen LogP contribution in [0.1, 0.15) is 15.6 Å². The van der Waals surface area contributed by atoms with Gasteiger partial charge in [0, 0.05) is 41.8 Å². The van der Waals surface area contributed by atoms with Gasteiger partial charge in [0.05, 0.1) is 18.8 Å². The van der Waals surface area contributed by atoms with Gasteiger partial charge < -0.3 is 5.11 Å². The molecule has 0 amide bonds. The highest BCUT2D eigenvalue weighted by molar-refractivity contribution is 7.16. The van der Waals surface area contributed by atoms with E-state index in [2.05, 4.69) is 9.97 Å². The second-order valence-electron chi connectivity index (χ2n) is 4.94. The predicted octanol–water partition coefficient (Wildman–Crippen LogP) is 1.52. The van der Waals surface area contributed by atoms with Gasteiger partial charge in [-0.3, -0.25) is 14.1 Å². The van der Waals surface area contributed by atoms with E-state index in [9.17, 15) is 9.90 Å². The van der Waals surface area contributed by atoms with Crippen molar-refractivity contribution in [2.75, 3.05) is 13.2 Å². The van der Waals surface area contributed by atoms with Crippen molar-refractivity contribution in [2.24, 2.45) is 0 Å². The summed E-state index contributed by atoms with van der Waals surface area (Å²) in [6, 6.07) is 1.56. The number of hydrogen-bond acceptors (Lipinski definition) is 7. The molecule has 0 aromatic carbocycles. The van der Waals surface area contributed by atoms with Crippen LogP contribution in [0.2, 0.25) is 0 Å². The summed E-state index contributed by atoms with van der Waals surface area (Å²) in [5.41, 5.74) is 0.652. The van der Waals surface area contributed by atoms with Crippen LogP contribution in [0.5, 0.6) is 0 Å². The molecular formula is C14H16N4O2S2. The molecule has 0 radical (unpaired) electrons. The minimum absolute atomic E-state index is 0.0602. The van der Waals surface area contributed by atoms with Crippen LogP contribution < -0.4 is 5.56 Å². The van der Waals surface area contributed by atoms with Crippen molar-refractivity contribution in [1.29, 1.82) is 0 Å². The molecule has 0 atom stereocenters. The first kappa shape index (κ1) is 15.3. The normalized spacial score (nSPS) is 11.6. The molecule has 0 saturated carbocycles. The first-order valence-electron chi connectivity index (χ1n) is 6.86. The minimum Gasteiger partial charge on any atom is -0.395 e. The van der Waals surface area contributed by atoms with Crippen LogP contribution in [0.15, 0.2) is 28.6 Å². The number of thiazole rings is 2. The quantitative estimate of drug-likeness (QED) is 0.739. The molecule has 3 rings (SSSR count). The molecule has 3 heterocycles. The lowest BCUT2D eigenvalue weighted by Crippen LogP contribution is -2.27. The van der Waals surface area contributed by atoms with Gasteiger partial charge in [0.1, 0.15) is 5.01 Å². The Balaban J connectivity index is 1.84. The molecule has 1 N–H and O–H groups in total. The number of aryl methyl sites for hydroxylation is 1. The summed E-state index contributed by atoms with van der Waals surface area (Å²) in [6.45, 7) is 3.69. The number of rotatable bonds is 6. The van der Waals surface area contributed by atoms with Crippen molar-refractivity contribution >= 4 is 27.6 Å². The Morgan fingerprint density at radius 3 is 3.00 bits per heavy atom. The maximum Gasteiger partial charge on any atom is 0.258 e. The lowest BCUT2D eigenvalue weighted by Gasteiger charge is -2.19. The highest BCUT2D eigenvalue weighted by atomic mass is 32.1. The Morgan fingerprint density at radius 1 is 1.41 bits per heavy atom. The summed E-state index contributed by atoms with van der Waals surface area (Å²) >= 11 is 3.08. The van der Waals surface area contributed by atoms with Gasteiger partial charge in [-0.2, -0.15) is 0 Å². The van der Waals surface area contributed by atoms with Crippen LogP contribution in [0.3, 0.4) is 0 Å². The summed E-state index contributed by atoms with van der Waals surface area (Å²) in [4.78, 5) is 24.7. The van der Waals surface area contributed by atoms with E-state index in [1.807, 2.05) is 17.2 Å². The number of hydrogen-bond donors (Lipinski definition) is 1. The van der Waals surface area contributed by atoms with Crippen LogP contribution in [0.4, 0.5) is 0 Å². The van der Waals surface area contributed by atoms with Gasteiger partial charge in [-0.1, -0.05) is 0 Å². The van der Waals surface area contributed by atoms with E-state index in [0.717, 1.165) is 15.6 Å². The van der Waals surface area contributed by atoms with Crippen molar-refractivity contribution < 1.29 is 5.11 Å². The van der Waals surface area contributed by atoms with E-state index in [1.54, 1.807) is 34.2 Å². The molecule has 0 aliphatic rings. The summed E-state index contributed by atoms with van der Waals surface area (Å²) in [6.07, 6.45) is 3.57. The molecule has 6 nitrogen and oxygen atoms in total. The Hall–Kier alpha value is -1.61. The zero-order valence-corrected chi connectivity index (χ0v) is 13.7. The van der Waals surface area contributed by atoms with Crippen molar-refractivity contribution in [3.05, 3.63) is 49.8 Å². The molecule has 22 heavy (non-hydrogen) atoms. The monoisotopic (exact) mass is 336 g/mol. The number of aliphatic hydroxyl groups is 1. The lowest BCUT2D eigenvalue weighted by molar-refractivity contribution is 0.183. The van der Waals surface area contributed by atoms with Gasteiger partial charge in [0.2, 0.25) is 0 Å². The van der Waals surface area contributed by atoms with Gasteiger partial charge in [-0.15, -0.1) is 22.7 Å². The first-order chi connectivity index (χ1) is 10.7. The molecule has 0 saturated heterocycles. The van der Waals surface area contributed by atoms with Crippen molar-refractivity contribution in [2.45, 2.75) is 20.0 Å². The third-order valence-electron chi connectivity index (χ3n) is 3.18. The lowest BCUT2D eigenvalue weighted by atomic mass is 10.3. The summed E-state index contributed by atoms with van der Waals surface area (Å²) < 4.78 is 1.57. The molecule has 116 valence electrons. The van der Waals surface area contributed by atoms with Crippen LogP contribution >= 0.6 is 22.7 Å². The molecule has 0 aliphatic heterocycles. The fourth-order valence-corrected chi connectivity index (χ4v) is 3.75. The highest BCUT2D eigenvalue weighted by Crippen LogP contribution is 2.15. The zero-order valence-electron chi connectivity index (χ0n) is 12.1. The molecular weight excluding hydrogens is 320 g/mol. The van der Waals surface area contributed by atoms with E-state index in [0.29, 0.717) is 24.6 Å². The number of aliphatic hydroxyl groups excluding tert-OH is 1. The number of nitrogens with zero attached hydrogens (tertiary/aromatic N) is 4. The molecule has 8 heteroatoms. The smallest absolute Gasteiger partial charge is 0.258 e. The SMILES string of the molecule is Cc1cn2c(=O)cc(CN(CCO)Cc3nccs3)nc2s1. The largest absolute Gasteiger partial charge is 0.395 e. The standard InChI is InChI=1S/C14H16N4O2S2/c1-10-7-18-13(20)6-11(16-14(18)22-10)8-17(3-4-19)9-12-15-2-5-21-12/h2,5-7,19H,3-4,8-9H2,1H3. The van der Waals surface area contributed by atoms with Gasteiger partial charge in [0.25, 0.3) is 5.56 Å². The topological polar surface area (TPSA) is 70.7 Å². The minimum atomic E-state index is -0.0671. The van der Waals surface area contributed by atoms with Crippen molar-refractivity contribution in [1.82, 2.24) is 19.3 Å². The second kappa shape index (κ2) is 6.66. The van der Waals surface area contributed by atoms with Gasteiger partial charge in [-0.05, 0) is 6.92 Å². The molecule has 0 aliphatic carbocycles. The number of fused-ring (bicyclic) bond motifs is 1. The number of aromatic nitrogens is 3. The molecule has 0 spiro atoms. The molecule has 0 unspecified atom stereocenters. The average molecular weight is 336 g/mol.